The van der Waals surface area contributed by atoms with E-state index in [1.807, 2.05) is 42.5 Å². The molecule has 0 saturated heterocycles. The van der Waals surface area contributed by atoms with E-state index in [-0.39, 0.29) is 5.91 Å². The maximum absolute atomic E-state index is 12.5. The highest BCUT2D eigenvalue weighted by atomic mass is 16.1. The molecule has 0 radical (unpaired) electrons. The van der Waals surface area contributed by atoms with Crippen molar-refractivity contribution in [3.63, 3.8) is 0 Å². The van der Waals surface area contributed by atoms with Crippen LogP contribution in [-0.4, -0.2) is 28.3 Å². The minimum atomic E-state index is -0.148. The average Bonchev–Trinajstić information content (AvgIpc) is 3.65. The molecule has 0 spiro atoms. The Labute approximate surface area is 164 Å². The van der Waals surface area contributed by atoms with Gasteiger partial charge in [0.05, 0.1) is 17.4 Å². The zero-order valence-electron chi connectivity index (χ0n) is 15.7. The monoisotopic (exact) mass is 372 g/mol. The number of carbonyl (C=O) groups excluding carboxylic acids is 1. The summed E-state index contributed by atoms with van der Waals surface area (Å²) in [4.78, 5) is 12.5. The summed E-state index contributed by atoms with van der Waals surface area (Å²) in [5.41, 5.74) is 3.63. The molecule has 3 aromatic rings. The van der Waals surface area contributed by atoms with E-state index in [0.29, 0.717) is 17.5 Å². The maximum atomic E-state index is 12.5. The minimum Gasteiger partial charge on any atom is -0.322 e. The number of hydrogen-bond acceptors (Lipinski definition) is 3. The number of nitrogens with zero attached hydrogens (tertiary/aromatic N) is 2. The Morgan fingerprint density at radius 3 is 2.61 bits per heavy atom. The fraction of sp³-hybridized carbons (Fsp3) is 0.304. The summed E-state index contributed by atoms with van der Waals surface area (Å²) in [6.45, 7) is 1.17. The first-order valence-electron chi connectivity index (χ1n) is 10.0. The van der Waals surface area contributed by atoms with E-state index in [4.69, 9.17) is 0 Å². The van der Waals surface area contributed by atoms with E-state index in [1.54, 1.807) is 17.1 Å². The molecule has 5 rings (SSSR count). The van der Waals surface area contributed by atoms with Crippen molar-refractivity contribution < 1.29 is 4.79 Å². The zero-order valence-corrected chi connectivity index (χ0v) is 15.7. The Morgan fingerprint density at radius 1 is 1.07 bits per heavy atom. The Kier molecular flexibility index (Phi) is 4.45. The molecule has 2 aromatic carbocycles. The van der Waals surface area contributed by atoms with Gasteiger partial charge in [0.1, 0.15) is 0 Å². The van der Waals surface area contributed by atoms with Crippen molar-refractivity contribution in [2.75, 3.05) is 11.9 Å². The third-order valence-corrected chi connectivity index (χ3v) is 5.62. The molecule has 2 saturated carbocycles. The van der Waals surface area contributed by atoms with Crippen LogP contribution in [-0.2, 0) is 0 Å². The van der Waals surface area contributed by atoms with Crippen molar-refractivity contribution in [1.29, 1.82) is 0 Å². The van der Waals surface area contributed by atoms with Crippen molar-refractivity contribution in [2.24, 2.45) is 5.92 Å². The summed E-state index contributed by atoms with van der Waals surface area (Å²) in [5, 5.41) is 10.9. The van der Waals surface area contributed by atoms with Gasteiger partial charge in [0.2, 0.25) is 0 Å². The molecule has 0 bridgehead atoms. The zero-order chi connectivity index (χ0) is 18.9. The molecule has 2 aliphatic carbocycles. The number of anilines is 1. The molecule has 28 heavy (non-hydrogen) atoms. The average molecular weight is 372 g/mol. The highest BCUT2D eigenvalue weighted by Crippen LogP contribution is 2.41. The number of aromatic nitrogens is 2. The molecule has 1 amide bonds. The summed E-state index contributed by atoms with van der Waals surface area (Å²) in [5.74, 6) is 1.39. The van der Waals surface area contributed by atoms with Crippen molar-refractivity contribution in [1.82, 2.24) is 15.1 Å². The van der Waals surface area contributed by atoms with E-state index in [1.165, 1.54) is 31.4 Å². The summed E-state index contributed by atoms with van der Waals surface area (Å²) in [6.07, 6.45) is 7.35. The molecule has 1 heterocycles. The summed E-state index contributed by atoms with van der Waals surface area (Å²) >= 11 is 0. The first-order valence-corrected chi connectivity index (χ1v) is 10.0. The van der Waals surface area contributed by atoms with Gasteiger partial charge in [0.15, 0.2) is 0 Å². The SMILES string of the molecule is O=C(Nc1ccc([C@@H]2C[C@H]2NCC2CC2)cc1)c1cnn(-c2ccccc2)c1. The van der Waals surface area contributed by atoms with Crippen molar-refractivity contribution in [3.8, 4) is 5.69 Å². The Morgan fingerprint density at radius 2 is 1.86 bits per heavy atom. The number of carbonyl (C=O) groups is 1. The van der Waals surface area contributed by atoms with Crippen LogP contribution in [0.15, 0.2) is 67.0 Å². The summed E-state index contributed by atoms with van der Waals surface area (Å²) < 4.78 is 1.71. The van der Waals surface area contributed by atoms with Gasteiger partial charge in [-0.05, 0) is 61.6 Å². The van der Waals surface area contributed by atoms with E-state index >= 15 is 0 Å². The second kappa shape index (κ2) is 7.24. The highest BCUT2D eigenvalue weighted by molar-refractivity contribution is 6.04. The standard InChI is InChI=1S/C23H24N4O/c28-23(18-14-25-27(15-18)20-4-2-1-3-5-20)26-19-10-8-17(9-11-19)21-12-22(21)24-13-16-6-7-16/h1-5,8-11,14-16,21-22,24H,6-7,12-13H2,(H,26,28)/t21-,22+/m0/s1. The van der Waals surface area contributed by atoms with Crippen molar-refractivity contribution in [3.05, 3.63) is 78.1 Å². The first kappa shape index (κ1) is 17.2. The molecule has 0 aliphatic heterocycles. The third kappa shape index (κ3) is 3.85. The summed E-state index contributed by atoms with van der Waals surface area (Å²) in [7, 11) is 0. The fourth-order valence-corrected chi connectivity index (χ4v) is 3.61. The fourth-order valence-electron chi connectivity index (χ4n) is 3.61. The van der Waals surface area contributed by atoms with Gasteiger partial charge in [-0.2, -0.15) is 5.10 Å². The third-order valence-electron chi connectivity index (χ3n) is 5.62. The normalized spacial score (nSPS) is 20.7. The molecular formula is C23H24N4O. The minimum absolute atomic E-state index is 0.148. The molecular weight excluding hydrogens is 348 g/mol. The van der Waals surface area contributed by atoms with Crippen LogP contribution < -0.4 is 10.6 Å². The molecule has 2 atom stereocenters. The lowest BCUT2D eigenvalue weighted by molar-refractivity contribution is 0.102. The summed E-state index contributed by atoms with van der Waals surface area (Å²) in [6, 6.07) is 18.6. The van der Waals surface area contributed by atoms with Gasteiger partial charge in [-0.15, -0.1) is 0 Å². The van der Waals surface area contributed by atoms with E-state index in [9.17, 15) is 4.79 Å². The predicted molar refractivity (Wildman–Crippen MR) is 110 cm³/mol. The van der Waals surface area contributed by atoms with Crippen LogP contribution in [0.25, 0.3) is 5.69 Å². The number of amides is 1. The van der Waals surface area contributed by atoms with Crippen LogP contribution >= 0.6 is 0 Å². The molecule has 5 heteroatoms. The van der Waals surface area contributed by atoms with Gasteiger partial charge >= 0.3 is 0 Å². The molecule has 1 aromatic heterocycles. The molecule has 2 N–H and O–H groups in total. The molecule has 142 valence electrons. The van der Waals surface area contributed by atoms with Crippen LogP contribution in [0, 0.1) is 5.92 Å². The first-order chi connectivity index (χ1) is 13.8. The topological polar surface area (TPSA) is 59.0 Å². The number of para-hydroxylation sites is 1. The van der Waals surface area contributed by atoms with Gasteiger partial charge in [0, 0.05) is 23.8 Å². The number of benzene rings is 2. The van der Waals surface area contributed by atoms with Crippen LogP contribution in [0.1, 0.15) is 41.1 Å². The molecule has 2 fully saturated rings. The smallest absolute Gasteiger partial charge is 0.258 e. The predicted octanol–water partition coefficient (Wildman–Crippen LogP) is 3.98. The van der Waals surface area contributed by atoms with Crippen molar-refractivity contribution >= 4 is 11.6 Å². The van der Waals surface area contributed by atoms with Gasteiger partial charge < -0.3 is 10.6 Å². The number of nitrogens with one attached hydrogen (secondary N) is 2. The number of hydrogen-bond donors (Lipinski definition) is 2. The van der Waals surface area contributed by atoms with E-state index in [2.05, 4.69) is 27.9 Å². The van der Waals surface area contributed by atoms with Crippen LogP contribution in [0.4, 0.5) is 5.69 Å². The largest absolute Gasteiger partial charge is 0.322 e. The molecule has 2 aliphatic rings. The molecule has 5 nitrogen and oxygen atoms in total. The quantitative estimate of drug-likeness (QED) is 0.659. The van der Waals surface area contributed by atoms with E-state index < -0.39 is 0 Å². The lowest BCUT2D eigenvalue weighted by atomic mass is 10.1. The Bertz CT molecular complexity index is 960. The molecule has 0 unspecified atom stereocenters. The lowest BCUT2D eigenvalue weighted by Crippen LogP contribution is -2.20. The number of rotatable bonds is 7. The lowest BCUT2D eigenvalue weighted by Gasteiger charge is -2.06. The van der Waals surface area contributed by atoms with Gasteiger partial charge in [0.25, 0.3) is 5.91 Å². The van der Waals surface area contributed by atoms with Crippen molar-refractivity contribution in [2.45, 2.75) is 31.2 Å². The van der Waals surface area contributed by atoms with Crippen LogP contribution in [0.2, 0.25) is 0 Å². The maximum Gasteiger partial charge on any atom is 0.258 e. The van der Waals surface area contributed by atoms with Crippen LogP contribution in [0.5, 0.6) is 0 Å². The van der Waals surface area contributed by atoms with Crippen LogP contribution in [0.3, 0.4) is 0 Å². The highest BCUT2D eigenvalue weighted by Gasteiger charge is 2.38. The van der Waals surface area contributed by atoms with Gasteiger partial charge in [-0.25, -0.2) is 4.68 Å². The van der Waals surface area contributed by atoms with E-state index in [0.717, 1.165) is 17.3 Å². The Hall–Kier alpha value is -2.92. The van der Waals surface area contributed by atoms with Gasteiger partial charge in [-0.1, -0.05) is 30.3 Å². The Balaban J connectivity index is 1.18. The second-order valence-electron chi connectivity index (χ2n) is 7.89. The van der Waals surface area contributed by atoms with Gasteiger partial charge in [-0.3, -0.25) is 4.79 Å². The second-order valence-corrected chi connectivity index (χ2v) is 7.89.